The number of fused-ring (bicyclic) bond motifs is 1. The number of hydrogen-bond donors (Lipinski definition) is 3. The lowest BCUT2D eigenvalue weighted by atomic mass is 10.0. The molecule has 1 heterocycles. The lowest BCUT2D eigenvalue weighted by molar-refractivity contribution is 0.0795. The summed E-state index contributed by atoms with van der Waals surface area (Å²) < 4.78 is 0. The first kappa shape index (κ1) is 14.5. The van der Waals surface area contributed by atoms with Gasteiger partial charge in [-0.2, -0.15) is 0 Å². The summed E-state index contributed by atoms with van der Waals surface area (Å²) in [4.78, 5) is 4.41. The summed E-state index contributed by atoms with van der Waals surface area (Å²) in [6.45, 7) is -0.315. The van der Waals surface area contributed by atoms with Gasteiger partial charge in [-0.15, -0.1) is 0 Å². The Morgan fingerprint density at radius 2 is 1.73 bits per heavy atom. The van der Waals surface area contributed by atoms with E-state index in [1.807, 2.05) is 60.7 Å². The molecule has 112 valence electrons. The number of para-hydroxylation sites is 1. The van der Waals surface area contributed by atoms with Gasteiger partial charge in [0.1, 0.15) is 6.10 Å². The van der Waals surface area contributed by atoms with Crippen molar-refractivity contribution < 1.29 is 10.2 Å². The fraction of sp³-hybridized carbons (Fsp3) is 0.167. The van der Waals surface area contributed by atoms with Gasteiger partial charge in [0, 0.05) is 11.6 Å². The van der Waals surface area contributed by atoms with E-state index in [2.05, 4.69) is 10.3 Å². The molecule has 2 aromatic carbocycles. The van der Waals surface area contributed by atoms with Crippen molar-refractivity contribution in [3.8, 4) is 0 Å². The fourth-order valence-corrected chi connectivity index (χ4v) is 2.56. The SMILES string of the molecule is OC[C@H](O)[C@H](Nc1cccc2cccnc12)c1ccccc1. The predicted octanol–water partition coefficient (Wildman–Crippen LogP) is 2.74. The molecule has 3 aromatic rings. The van der Waals surface area contributed by atoms with Crippen LogP contribution in [-0.2, 0) is 0 Å². The number of hydrogen-bond acceptors (Lipinski definition) is 4. The Balaban J connectivity index is 1.99. The molecule has 0 saturated carbocycles. The van der Waals surface area contributed by atoms with E-state index in [0.29, 0.717) is 0 Å². The molecule has 0 fully saturated rings. The molecule has 0 radical (unpaired) electrons. The van der Waals surface area contributed by atoms with Crippen molar-refractivity contribution in [1.82, 2.24) is 4.98 Å². The van der Waals surface area contributed by atoms with Gasteiger partial charge in [-0.1, -0.05) is 48.5 Å². The monoisotopic (exact) mass is 294 g/mol. The van der Waals surface area contributed by atoms with Crippen molar-refractivity contribution in [3.05, 3.63) is 72.4 Å². The maximum atomic E-state index is 10.2. The highest BCUT2D eigenvalue weighted by Gasteiger charge is 2.21. The normalized spacial score (nSPS) is 13.7. The van der Waals surface area contributed by atoms with Crippen LogP contribution in [0.3, 0.4) is 0 Å². The number of nitrogens with one attached hydrogen (secondary N) is 1. The largest absolute Gasteiger partial charge is 0.394 e. The average molecular weight is 294 g/mol. The number of aliphatic hydroxyl groups is 2. The Bertz CT molecular complexity index is 741. The van der Waals surface area contributed by atoms with Gasteiger partial charge in [0.05, 0.1) is 23.9 Å². The van der Waals surface area contributed by atoms with Crippen LogP contribution in [0.25, 0.3) is 10.9 Å². The second kappa shape index (κ2) is 6.56. The van der Waals surface area contributed by atoms with Crippen molar-refractivity contribution in [1.29, 1.82) is 0 Å². The van der Waals surface area contributed by atoms with Crippen molar-refractivity contribution in [2.75, 3.05) is 11.9 Å². The number of aliphatic hydroxyl groups excluding tert-OH is 2. The molecular weight excluding hydrogens is 276 g/mol. The van der Waals surface area contributed by atoms with Gasteiger partial charge in [0.25, 0.3) is 0 Å². The van der Waals surface area contributed by atoms with E-state index >= 15 is 0 Å². The molecule has 0 aliphatic rings. The second-order valence-corrected chi connectivity index (χ2v) is 5.16. The molecule has 0 amide bonds. The number of rotatable bonds is 5. The van der Waals surface area contributed by atoms with Crippen molar-refractivity contribution in [2.45, 2.75) is 12.1 Å². The first-order chi connectivity index (χ1) is 10.8. The molecule has 0 spiro atoms. The van der Waals surface area contributed by atoms with Crippen LogP contribution in [0.1, 0.15) is 11.6 Å². The standard InChI is InChI=1S/C18H18N2O2/c21-12-16(22)18(14-6-2-1-3-7-14)20-15-10-4-8-13-9-5-11-19-17(13)15/h1-11,16,18,20-22H,12H2/t16-,18+/m0/s1. The molecule has 0 aliphatic heterocycles. The number of nitrogens with zero attached hydrogens (tertiary/aromatic N) is 1. The molecule has 22 heavy (non-hydrogen) atoms. The zero-order chi connectivity index (χ0) is 15.4. The summed E-state index contributed by atoms with van der Waals surface area (Å²) in [5.74, 6) is 0. The molecule has 4 nitrogen and oxygen atoms in total. The Morgan fingerprint density at radius 3 is 2.50 bits per heavy atom. The number of pyridine rings is 1. The van der Waals surface area contributed by atoms with Crippen molar-refractivity contribution >= 4 is 16.6 Å². The Kier molecular flexibility index (Phi) is 4.32. The van der Waals surface area contributed by atoms with Crippen molar-refractivity contribution in [3.63, 3.8) is 0 Å². The third-order valence-corrected chi connectivity index (χ3v) is 3.67. The summed E-state index contributed by atoms with van der Waals surface area (Å²) in [5, 5.41) is 23.9. The molecular formula is C18H18N2O2. The Labute approximate surface area is 129 Å². The van der Waals surface area contributed by atoms with Crippen LogP contribution < -0.4 is 5.32 Å². The minimum absolute atomic E-state index is 0.315. The maximum absolute atomic E-state index is 10.2. The van der Waals surface area contributed by atoms with E-state index in [1.165, 1.54) is 0 Å². The van der Waals surface area contributed by atoms with Gasteiger partial charge in [0.2, 0.25) is 0 Å². The first-order valence-corrected chi connectivity index (χ1v) is 7.24. The van der Waals surface area contributed by atoms with E-state index < -0.39 is 12.1 Å². The molecule has 2 atom stereocenters. The van der Waals surface area contributed by atoms with E-state index in [-0.39, 0.29) is 6.61 Å². The quantitative estimate of drug-likeness (QED) is 0.677. The summed E-state index contributed by atoms with van der Waals surface area (Å²) in [5.41, 5.74) is 2.59. The molecule has 3 N–H and O–H groups in total. The van der Waals surface area contributed by atoms with Gasteiger partial charge in [-0.05, 0) is 17.7 Å². The molecule has 4 heteroatoms. The molecule has 0 aliphatic carbocycles. The Hall–Kier alpha value is -2.43. The van der Waals surface area contributed by atoms with E-state index in [4.69, 9.17) is 0 Å². The smallest absolute Gasteiger partial charge is 0.101 e. The average Bonchev–Trinajstić information content (AvgIpc) is 2.60. The molecule has 0 unspecified atom stereocenters. The zero-order valence-electron chi connectivity index (χ0n) is 12.1. The fourth-order valence-electron chi connectivity index (χ4n) is 2.56. The third-order valence-electron chi connectivity index (χ3n) is 3.67. The second-order valence-electron chi connectivity index (χ2n) is 5.16. The summed E-state index contributed by atoms with van der Waals surface area (Å²) in [7, 11) is 0. The van der Waals surface area contributed by atoms with E-state index in [0.717, 1.165) is 22.2 Å². The van der Waals surface area contributed by atoms with Crippen LogP contribution in [0, 0.1) is 0 Å². The lowest BCUT2D eigenvalue weighted by Crippen LogP contribution is -2.28. The highest BCUT2D eigenvalue weighted by Crippen LogP contribution is 2.27. The zero-order valence-corrected chi connectivity index (χ0v) is 12.1. The summed E-state index contributed by atoms with van der Waals surface area (Å²) >= 11 is 0. The van der Waals surface area contributed by atoms with Gasteiger partial charge in [-0.25, -0.2) is 0 Å². The minimum atomic E-state index is -0.902. The Morgan fingerprint density at radius 1 is 0.955 bits per heavy atom. The van der Waals surface area contributed by atoms with Gasteiger partial charge >= 0.3 is 0 Å². The minimum Gasteiger partial charge on any atom is -0.394 e. The molecule has 0 saturated heterocycles. The van der Waals surface area contributed by atoms with Gasteiger partial charge < -0.3 is 15.5 Å². The van der Waals surface area contributed by atoms with E-state index in [9.17, 15) is 10.2 Å². The van der Waals surface area contributed by atoms with Crippen molar-refractivity contribution in [2.24, 2.45) is 0 Å². The lowest BCUT2D eigenvalue weighted by Gasteiger charge is -2.25. The van der Waals surface area contributed by atoms with Crippen LogP contribution >= 0.6 is 0 Å². The van der Waals surface area contributed by atoms with E-state index in [1.54, 1.807) is 6.20 Å². The van der Waals surface area contributed by atoms with Crippen LogP contribution in [-0.4, -0.2) is 27.9 Å². The summed E-state index contributed by atoms with van der Waals surface area (Å²) in [6.07, 6.45) is 0.842. The highest BCUT2D eigenvalue weighted by atomic mass is 16.3. The maximum Gasteiger partial charge on any atom is 0.101 e. The number of benzene rings is 2. The van der Waals surface area contributed by atoms with Crippen LogP contribution in [0.4, 0.5) is 5.69 Å². The van der Waals surface area contributed by atoms with Crippen LogP contribution in [0.2, 0.25) is 0 Å². The van der Waals surface area contributed by atoms with Gasteiger partial charge in [-0.3, -0.25) is 4.98 Å². The molecule has 1 aromatic heterocycles. The highest BCUT2D eigenvalue weighted by molar-refractivity contribution is 5.90. The molecule has 0 bridgehead atoms. The first-order valence-electron chi connectivity index (χ1n) is 7.24. The van der Waals surface area contributed by atoms with Crippen LogP contribution in [0.5, 0.6) is 0 Å². The predicted molar refractivity (Wildman–Crippen MR) is 87.6 cm³/mol. The number of anilines is 1. The van der Waals surface area contributed by atoms with Gasteiger partial charge in [0.15, 0.2) is 0 Å². The molecule has 3 rings (SSSR count). The number of aromatic nitrogens is 1. The third kappa shape index (κ3) is 2.93. The topological polar surface area (TPSA) is 65.4 Å². The summed E-state index contributed by atoms with van der Waals surface area (Å²) in [6, 6.07) is 18.9. The van der Waals surface area contributed by atoms with Crippen LogP contribution in [0.15, 0.2) is 66.9 Å².